The number of benzene rings is 1. The van der Waals surface area contributed by atoms with Crippen molar-refractivity contribution in [2.75, 3.05) is 11.9 Å². The summed E-state index contributed by atoms with van der Waals surface area (Å²) in [6.07, 6.45) is -1.05. The number of alkyl halides is 3. The molecule has 0 aliphatic rings. The smallest absolute Gasteiger partial charge is 0.406 e. The van der Waals surface area contributed by atoms with Gasteiger partial charge in [0, 0.05) is 13.0 Å². The minimum Gasteiger partial charge on any atom is -0.406 e. The van der Waals surface area contributed by atoms with E-state index in [0.717, 1.165) is 42.1 Å². The highest BCUT2D eigenvalue weighted by Gasteiger charge is 2.31. The van der Waals surface area contributed by atoms with Gasteiger partial charge in [-0.25, -0.2) is 0 Å². The molecule has 0 saturated carbocycles. The fourth-order valence-electron chi connectivity index (χ4n) is 3.13. The summed E-state index contributed by atoms with van der Waals surface area (Å²) in [6.45, 7) is 2.58. The van der Waals surface area contributed by atoms with Crippen molar-refractivity contribution in [3.63, 3.8) is 0 Å². The summed E-state index contributed by atoms with van der Waals surface area (Å²) < 4.78 is 40.9. The monoisotopic (exact) mass is 522 g/mol. The van der Waals surface area contributed by atoms with Crippen LogP contribution in [-0.2, 0) is 24.1 Å². The molecule has 9 nitrogen and oxygen atoms in total. The number of rotatable bonds is 12. The number of anilines is 1. The maximum Gasteiger partial charge on any atom is 0.573 e. The second-order valence-corrected chi connectivity index (χ2v) is 8.86. The number of halogens is 3. The largest absolute Gasteiger partial charge is 0.573 e. The number of nitrogens with one attached hydrogen (secondary N) is 2. The molecule has 3 rings (SSSR count). The van der Waals surface area contributed by atoms with E-state index in [1.807, 2.05) is 6.92 Å². The number of aryl methyl sites for hydroxylation is 2. The number of unbranched alkanes of at least 4 members (excludes halogenated alkanes) is 1. The van der Waals surface area contributed by atoms with Crippen molar-refractivity contribution in [3.8, 4) is 5.75 Å². The Balaban J connectivity index is 1.40. The number of aromatic nitrogens is 4. The number of ether oxygens (including phenoxy) is 1. The zero-order valence-corrected chi connectivity index (χ0v) is 20.3. The average Bonchev–Trinajstić information content (AvgIpc) is 3.29. The lowest BCUT2D eigenvalue weighted by Gasteiger charge is -2.10. The van der Waals surface area contributed by atoms with Crippen LogP contribution in [0.5, 0.6) is 5.75 Å². The molecule has 0 saturated heterocycles. The van der Waals surface area contributed by atoms with E-state index in [1.54, 1.807) is 12.1 Å². The normalized spacial score (nSPS) is 11.2. The van der Waals surface area contributed by atoms with Crippen LogP contribution in [0.4, 0.5) is 19.0 Å². The Morgan fingerprint density at radius 2 is 1.83 bits per heavy atom. The first kappa shape index (κ1) is 27.0. The van der Waals surface area contributed by atoms with Crippen molar-refractivity contribution in [1.82, 2.24) is 25.7 Å². The molecule has 13 heteroatoms. The summed E-state index contributed by atoms with van der Waals surface area (Å²) in [5, 5.41) is 22.6. The van der Waals surface area contributed by atoms with Gasteiger partial charge in [-0.1, -0.05) is 30.4 Å². The summed E-state index contributed by atoms with van der Waals surface area (Å²) in [5.74, 6) is -0.789. The molecular weight excluding hydrogens is 497 g/mol. The summed E-state index contributed by atoms with van der Waals surface area (Å²) in [6, 6.07) is 8.60. The molecule has 2 N–H and O–H groups in total. The Morgan fingerprint density at radius 3 is 2.56 bits per heavy atom. The van der Waals surface area contributed by atoms with E-state index in [1.165, 1.54) is 23.5 Å². The maximum absolute atomic E-state index is 12.4. The summed E-state index contributed by atoms with van der Waals surface area (Å²) in [4.78, 5) is 24.1. The van der Waals surface area contributed by atoms with E-state index in [4.69, 9.17) is 0 Å². The first-order valence-corrected chi connectivity index (χ1v) is 12.1. The molecule has 0 bridgehead atoms. The van der Waals surface area contributed by atoms with E-state index in [-0.39, 0.29) is 23.9 Å². The van der Waals surface area contributed by atoms with Gasteiger partial charge >= 0.3 is 6.36 Å². The van der Waals surface area contributed by atoms with Crippen LogP contribution >= 0.6 is 11.3 Å². The van der Waals surface area contributed by atoms with E-state index < -0.39 is 12.3 Å². The second-order valence-electron chi connectivity index (χ2n) is 7.79. The highest BCUT2D eigenvalue weighted by molar-refractivity contribution is 7.13. The van der Waals surface area contributed by atoms with E-state index in [9.17, 15) is 22.8 Å². The van der Waals surface area contributed by atoms with Crippen LogP contribution in [0.1, 0.15) is 52.3 Å². The summed E-state index contributed by atoms with van der Waals surface area (Å²) in [7, 11) is 0. The fraction of sp³-hybridized carbons (Fsp3) is 0.391. The van der Waals surface area contributed by atoms with Gasteiger partial charge < -0.3 is 15.4 Å². The highest BCUT2D eigenvalue weighted by atomic mass is 32.1. The van der Waals surface area contributed by atoms with Gasteiger partial charge in [0.05, 0.1) is 12.1 Å². The second kappa shape index (κ2) is 12.9. The molecule has 192 valence electrons. The summed E-state index contributed by atoms with van der Waals surface area (Å²) >= 11 is 1.29. The van der Waals surface area contributed by atoms with Crippen molar-refractivity contribution < 1.29 is 27.5 Å². The predicted molar refractivity (Wildman–Crippen MR) is 127 cm³/mol. The third-order valence-corrected chi connectivity index (χ3v) is 5.74. The molecule has 0 aliphatic carbocycles. The Kier molecular flexibility index (Phi) is 9.68. The molecule has 2 amide bonds. The number of carbonyl (C=O) groups is 2. The topological polar surface area (TPSA) is 119 Å². The minimum atomic E-state index is -4.80. The van der Waals surface area contributed by atoms with Crippen LogP contribution in [0.25, 0.3) is 0 Å². The molecule has 3 aromatic rings. The number of nitrogens with zero attached hydrogens (tertiary/aromatic N) is 4. The molecule has 1 aromatic carbocycles. The number of carbonyl (C=O) groups excluding carboxylic acids is 2. The lowest BCUT2D eigenvalue weighted by molar-refractivity contribution is -0.274. The van der Waals surface area contributed by atoms with E-state index >= 15 is 0 Å². The van der Waals surface area contributed by atoms with Gasteiger partial charge in [-0.2, -0.15) is 5.10 Å². The summed E-state index contributed by atoms with van der Waals surface area (Å²) in [5.41, 5.74) is 1.12. The molecule has 0 aliphatic heterocycles. The SMILES string of the molecule is CCCNC(=O)c1nnc(CCCCc2ccc(NC(=O)Cc3cccc(OC(F)(F)F)c3)nn2)s1. The number of hydrogen-bond donors (Lipinski definition) is 2. The quantitative estimate of drug-likeness (QED) is 0.344. The van der Waals surface area contributed by atoms with Crippen LogP contribution in [0.15, 0.2) is 36.4 Å². The predicted octanol–water partition coefficient (Wildman–Crippen LogP) is 4.11. The standard InChI is InChI=1S/C23H25F3N6O3S/c1-2-12-27-21(34)22-32-31-20(36-22)9-4-3-7-16-10-11-18(30-29-16)28-19(33)14-15-6-5-8-17(13-15)35-23(24,25)26/h5-6,8,10-11,13H,2-4,7,9,12,14H2,1H3,(H,27,34)(H,28,30,33). The van der Waals surface area contributed by atoms with Gasteiger partial charge in [-0.3, -0.25) is 9.59 Å². The maximum atomic E-state index is 12.4. The highest BCUT2D eigenvalue weighted by Crippen LogP contribution is 2.23. The fourth-order valence-corrected chi connectivity index (χ4v) is 3.93. The van der Waals surface area contributed by atoms with Gasteiger partial charge in [-0.05, 0) is 55.5 Å². The molecule has 2 heterocycles. The average molecular weight is 523 g/mol. The van der Waals surface area contributed by atoms with Crippen molar-refractivity contribution >= 4 is 29.0 Å². The van der Waals surface area contributed by atoms with Gasteiger partial charge in [0.15, 0.2) is 5.82 Å². The Labute approximate surface area is 209 Å². The molecule has 36 heavy (non-hydrogen) atoms. The molecule has 0 spiro atoms. The third kappa shape index (κ3) is 9.21. The van der Waals surface area contributed by atoms with Crippen molar-refractivity contribution in [2.24, 2.45) is 0 Å². The van der Waals surface area contributed by atoms with Crippen molar-refractivity contribution in [3.05, 3.63) is 57.7 Å². The number of hydrogen-bond acceptors (Lipinski definition) is 8. The molecule has 2 aromatic heterocycles. The van der Waals surface area contributed by atoms with Gasteiger partial charge in [0.2, 0.25) is 10.9 Å². The van der Waals surface area contributed by atoms with Crippen LogP contribution < -0.4 is 15.4 Å². The van der Waals surface area contributed by atoms with Gasteiger partial charge in [0.25, 0.3) is 5.91 Å². The first-order chi connectivity index (χ1) is 17.2. The number of amides is 2. The van der Waals surface area contributed by atoms with Crippen LogP contribution in [0.2, 0.25) is 0 Å². The van der Waals surface area contributed by atoms with Gasteiger partial charge in [-0.15, -0.1) is 28.5 Å². The van der Waals surface area contributed by atoms with Crippen molar-refractivity contribution in [2.45, 2.75) is 51.8 Å². The molecule has 0 fully saturated rings. The molecule has 0 unspecified atom stereocenters. The third-order valence-electron chi connectivity index (χ3n) is 4.75. The Bertz CT molecular complexity index is 1150. The zero-order chi connectivity index (χ0) is 26.0. The van der Waals surface area contributed by atoms with Gasteiger partial charge in [0.1, 0.15) is 10.8 Å². The minimum absolute atomic E-state index is 0.147. The lowest BCUT2D eigenvalue weighted by Crippen LogP contribution is -2.23. The lowest BCUT2D eigenvalue weighted by atomic mass is 10.1. The Morgan fingerprint density at radius 1 is 1.03 bits per heavy atom. The van der Waals surface area contributed by atoms with Crippen LogP contribution in [0, 0.1) is 0 Å². The van der Waals surface area contributed by atoms with E-state index in [0.29, 0.717) is 30.0 Å². The van der Waals surface area contributed by atoms with Crippen LogP contribution in [0.3, 0.4) is 0 Å². The first-order valence-electron chi connectivity index (χ1n) is 11.3. The zero-order valence-electron chi connectivity index (χ0n) is 19.5. The molecular formula is C23H25F3N6O3S. The van der Waals surface area contributed by atoms with Crippen molar-refractivity contribution in [1.29, 1.82) is 0 Å². The van der Waals surface area contributed by atoms with E-state index in [2.05, 4.69) is 35.8 Å². The van der Waals surface area contributed by atoms with Crippen LogP contribution in [-0.4, -0.2) is 45.1 Å². The Hall–Kier alpha value is -3.61. The molecule has 0 radical (unpaired) electrons. The molecule has 0 atom stereocenters.